The maximum absolute atomic E-state index is 13.0. The number of Topliss-reactive ketones (excluding diaryl/α,β-unsaturated/α-hetero) is 2. The molecular formula is C21H12BrCl2NO2. The lowest BCUT2D eigenvalue weighted by Gasteiger charge is -2.20. The molecule has 0 bridgehead atoms. The van der Waals surface area contributed by atoms with Gasteiger partial charge >= 0.3 is 0 Å². The lowest BCUT2D eigenvalue weighted by molar-refractivity contribution is 0.0976. The third kappa shape index (κ3) is 3.29. The molecule has 1 N–H and O–H groups in total. The fourth-order valence-corrected chi connectivity index (χ4v) is 4.10. The molecule has 0 saturated carbocycles. The topological polar surface area (TPSA) is 46.2 Å². The lowest BCUT2D eigenvalue weighted by Crippen LogP contribution is -2.28. The third-order valence-corrected chi connectivity index (χ3v) is 5.84. The van der Waals surface area contributed by atoms with E-state index in [9.17, 15) is 9.59 Å². The number of halogens is 3. The normalized spacial score (nSPS) is 13.9. The van der Waals surface area contributed by atoms with E-state index in [1.54, 1.807) is 30.3 Å². The average molecular weight is 461 g/mol. The van der Waals surface area contributed by atoms with E-state index in [0.29, 0.717) is 27.7 Å². The summed E-state index contributed by atoms with van der Waals surface area (Å²) in [5, 5.41) is 5.91. The van der Waals surface area contributed by atoms with E-state index < -0.39 is 0 Å². The highest BCUT2D eigenvalue weighted by Crippen LogP contribution is 2.32. The number of hydrogen-bond acceptors (Lipinski definition) is 3. The van der Waals surface area contributed by atoms with Gasteiger partial charge in [-0.15, -0.1) is 0 Å². The predicted molar refractivity (Wildman–Crippen MR) is 112 cm³/mol. The highest BCUT2D eigenvalue weighted by atomic mass is 79.9. The standard InChI is InChI=1S/C21H12BrCl2NO2/c22-18-19(25-10-13-5-6-14(23)9-17(13)24)21(27)16-8-12-4-2-1-3-11(12)7-15(16)20(18)26/h1-9,25H,10H2. The first-order valence-electron chi connectivity index (χ1n) is 8.15. The molecule has 0 saturated heterocycles. The molecule has 27 heavy (non-hydrogen) atoms. The Balaban J connectivity index is 1.70. The molecule has 3 aromatic rings. The van der Waals surface area contributed by atoms with Crippen molar-refractivity contribution in [2.24, 2.45) is 0 Å². The number of ketones is 2. The van der Waals surface area contributed by atoms with Crippen LogP contribution in [-0.2, 0) is 6.54 Å². The smallest absolute Gasteiger partial charge is 0.210 e. The van der Waals surface area contributed by atoms with Crippen LogP contribution < -0.4 is 5.32 Å². The summed E-state index contributed by atoms with van der Waals surface area (Å²) >= 11 is 15.4. The van der Waals surface area contributed by atoms with Gasteiger partial charge < -0.3 is 5.32 Å². The average Bonchev–Trinajstić information content (AvgIpc) is 2.66. The Hall–Kier alpha value is -2.14. The first kappa shape index (κ1) is 18.2. The van der Waals surface area contributed by atoms with Crippen LogP contribution >= 0.6 is 39.1 Å². The first-order chi connectivity index (χ1) is 13.0. The molecule has 0 radical (unpaired) electrons. The van der Waals surface area contributed by atoms with Crippen LogP contribution in [0.4, 0.5) is 0 Å². The van der Waals surface area contributed by atoms with Gasteiger partial charge in [0.05, 0.1) is 4.48 Å². The maximum Gasteiger partial charge on any atom is 0.210 e. The molecule has 3 aromatic carbocycles. The van der Waals surface area contributed by atoms with Gasteiger partial charge in [-0.2, -0.15) is 0 Å². The van der Waals surface area contributed by atoms with Crippen LogP contribution in [0, 0.1) is 0 Å². The van der Waals surface area contributed by atoms with Gasteiger partial charge in [0.25, 0.3) is 0 Å². The molecule has 3 nitrogen and oxygen atoms in total. The van der Waals surface area contributed by atoms with Crippen LogP contribution in [-0.4, -0.2) is 11.6 Å². The van der Waals surface area contributed by atoms with E-state index >= 15 is 0 Å². The van der Waals surface area contributed by atoms with Gasteiger partial charge in [-0.1, -0.05) is 53.5 Å². The summed E-state index contributed by atoms with van der Waals surface area (Å²) in [4.78, 5) is 25.8. The number of fused-ring (bicyclic) bond motifs is 2. The fourth-order valence-electron chi connectivity index (χ4n) is 3.09. The predicted octanol–water partition coefficient (Wildman–Crippen LogP) is 5.92. The molecule has 0 amide bonds. The minimum Gasteiger partial charge on any atom is -0.377 e. The Morgan fingerprint density at radius 1 is 0.852 bits per heavy atom. The molecule has 0 unspecified atom stereocenters. The first-order valence-corrected chi connectivity index (χ1v) is 9.70. The van der Waals surface area contributed by atoms with Crippen LogP contribution in [0.3, 0.4) is 0 Å². The highest BCUT2D eigenvalue weighted by Gasteiger charge is 2.31. The van der Waals surface area contributed by atoms with Crippen molar-refractivity contribution in [3.05, 3.63) is 91.5 Å². The fraction of sp³-hybridized carbons (Fsp3) is 0.0476. The Labute approximate surface area is 174 Å². The van der Waals surface area contributed by atoms with E-state index in [2.05, 4.69) is 21.2 Å². The number of carbonyl (C=O) groups is 2. The molecule has 0 fully saturated rings. The summed E-state index contributed by atoms with van der Waals surface area (Å²) in [7, 11) is 0. The van der Waals surface area contributed by atoms with E-state index in [1.807, 2.05) is 24.3 Å². The largest absolute Gasteiger partial charge is 0.377 e. The molecule has 0 aromatic heterocycles. The van der Waals surface area contributed by atoms with E-state index in [-0.39, 0.29) is 21.7 Å². The Morgan fingerprint density at radius 2 is 1.48 bits per heavy atom. The van der Waals surface area contributed by atoms with Crippen LogP contribution in [0.5, 0.6) is 0 Å². The van der Waals surface area contributed by atoms with Crippen molar-refractivity contribution in [1.29, 1.82) is 0 Å². The summed E-state index contributed by atoms with van der Waals surface area (Å²) in [5.74, 6) is -0.452. The molecule has 6 heteroatoms. The lowest BCUT2D eigenvalue weighted by atomic mass is 9.90. The summed E-state index contributed by atoms with van der Waals surface area (Å²) in [6.07, 6.45) is 0. The van der Waals surface area contributed by atoms with Gasteiger partial charge in [0.1, 0.15) is 5.70 Å². The van der Waals surface area contributed by atoms with Crippen molar-refractivity contribution in [3.8, 4) is 0 Å². The van der Waals surface area contributed by atoms with E-state index in [4.69, 9.17) is 23.2 Å². The zero-order chi connectivity index (χ0) is 19.1. The monoisotopic (exact) mass is 459 g/mol. The Bertz CT molecular complexity index is 1150. The molecule has 0 aliphatic heterocycles. The van der Waals surface area contributed by atoms with Crippen LogP contribution in [0.25, 0.3) is 10.8 Å². The zero-order valence-corrected chi connectivity index (χ0v) is 17.0. The third-order valence-electron chi connectivity index (χ3n) is 4.49. The van der Waals surface area contributed by atoms with Gasteiger partial charge in [-0.25, -0.2) is 0 Å². The summed E-state index contributed by atoms with van der Waals surface area (Å²) < 4.78 is 0.223. The number of nitrogens with one attached hydrogen (secondary N) is 1. The van der Waals surface area contributed by atoms with Crippen molar-refractivity contribution in [3.63, 3.8) is 0 Å². The number of rotatable bonds is 3. The number of carbonyl (C=O) groups excluding carboxylic acids is 2. The van der Waals surface area contributed by atoms with Crippen molar-refractivity contribution in [1.82, 2.24) is 5.32 Å². The van der Waals surface area contributed by atoms with Crippen LogP contribution in [0.15, 0.2) is 64.8 Å². The SMILES string of the molecule is O=C1C(Br)=C(NCc2ccc(Cl)cc2Cl)C(=O)c2cc3ccccc3cc21. The molecule has 1 aliphatic rings. The van der Waals surface area contributed by atoms with Crippen molar-refractivity contribution in [2.75, 3.05) is 0 Å². The summed E-state index contributed by atoms with van der Waals surface area (Å²) in [6, 6.07) is 16.3. The van der Waals surface area contributed by atoms with E-state index in [0.717, 1.165) is 16.3 Å². The van der Waals surface area contributed by atoms with Crippen molar-refractivity contribution >= 4 is 61.5 Å². The second-order valence-electron chi connectivity index (χ2n) is 6.18. The van der Waals surface area contributed by atoms with Gasteiger partial charge in [0.15, 0.2) is 0 Å². The van der Waals surface area contributed by atoms with Gasteiger partial charge in [0, 0.05) is 27.7 Å². The molecule has 4 rings (SSSR count). The van der Waals surface area contributed by atoms with Crippen LogP contribution in [0.1, 0.15) is 26.3 Å². The second kappa shape index (κ2) is 7.12. The second-order valence-corrected chi connectivity index (χ2v) is 7.82. The number of benzene rings is 3. The minimum atomic E-state index is -0.229. The molecule has 0 spiro atoms. The van der Waals surface area contributed by atoms with E-state index in [1.165, 1.54) is 0 Å². The summed E-state index contributed by atoms with van der Waals surface area (Å²) in [6.45, 7) is 0.294. The highest BCUT2D eigenvalue weighted by molar-refractivity contribution is 9.12. The minimum absolute atomic E-state index is 0.222. The van der Waals surface area contributed by atoms with Gasteiger partial charge in [-0.05, 0) is 56.5 Å². The molecule has 1 aliphatic carbocycles. The van der Waals surface area contributed by atoms with Gasteiger partial charge in [0.2, 0.25) is 11.6 Å². The molecule has 0 atom stereocenters. The van der Waals surface area contributed by atoms with Gasteiger partial charge in [-0.3, -0.25) is 9.59 Å². The quantitative estimate of drug-likeness (QED) is 0.527. The maximum atomic E-state index is 13.0. The van der Waals surface area contributed by atoms with Crippen molar-refractivity contribution in [2.45, 2.75) is 6.54 Å². The Kier molecular flexibility index (Phi) is 4.81. The van der Waals surface area contributed by atoms with Crippen molar-refractivity contribution < 1.29 is 9.59 Å². The molecule has 134 valence electrons. The zero-order valence-electron chi connectivity index (χ0n) is 13.9. The van der Waals surface area contributed by atoms with Crippen LogP contribution in [0.2, 0.25) is 10.0 Å². The summed E-state index contributed by atoms with van der Waals surface area (Å²) in [5.41, 5.74) is 1.81. The molecule has 0 heterocycles. The Morgan fingerprint density at radius 3 is 2.11 bits per heavy atom. The number of hydrogen-bond donors (Lipinski definition) is 1. The molecular weight excluding hydrogens is 449 g/mol. The number of allylic oxidation sites excluding steroid dienone is 2.